The van der Waals surface area contributed by atoms with Gasteiger partial charge >= 0.3 is 0 Å². The molecule has 3 heterocycles. The van der Waals surface area contributed by atoms with Gasteiger partial charge in [0.1, 0.15) is 11.3 Å². The highest BCUT2D eigenvalue weighted by Crippen LogP contribution is 2.39. The largest absolute Gasteiger partial charge is 0.366 e. The van der Waals surface area contributed by atoms with Crippen molar-refractivity contribution < 1.29 is 4.79 Å². The van der Waals surface area contributed by atoms with Crippen molar-refractivity contribution in [2.75, 3.05) is 6.54 Å². The molecular formula is C19H22N4OS. The number of likely N-dealkylation sites (tertiary alicyclic amines) is 1. The van der Waals surface area contributed by atoms with Crippen LogP contribution < -0.4 is 5.73 Å². The van der Waals surface area contributed by atoms with Crippen molar-refractivity contribution in [3.63, 3.8) is 0 Å². The number of fused-ring (bicyclic) bond motifs is 1. The Morgan fingerprint density at radius 3 is 2.96 bits per heavy atom. The minimum absolute atomic E-state index is 0.450. The lowest BCUT2D eigenvalue weighted by Gasteiger charge is -2.27. The van der Waals surface area contributed by atoms with Crippen LogP contribution in [0, 0.1) is 0 Å². The summed E-state index contributed by atoms with van der Waals surface area (Å²) in [6.07, 6.45) is 2.47. The molecule has 0 bridgehead atoms. The Hall–Kier alpha value is -2.18. The summed E-state index contributed by atoms with van der Waals surface area (Å²) < 4.78 is 0. The SMILES string of the molecule is CC(C)N1CCCC1c1ccc(-c2nc3c(C(N)=O)cccc3[nH]2)s1. The fourth-order valence-corrected chi connectivity index (χ4v) is 4.83. The quantitative estimate of drug-likeness (QED) is 0.745. The molecule has 1 saturated heterocycles. The first-order chi connectivity index (χ1) is 12.0. The number of nitrogens with one attached hydrogen (secondary N) is 1. The number of aromatic amines is 1. The summed E-state index contributed by atoms with van der Waals surface area (Å²) in [4.78, 5) is 24.6. The zero-order chi connectivity index (χ0) is 17.6. The summed E-state index contributed by atoms with van der Waals surface area (Å²) in [5.41, 5.74) is 7.40. The second-order valence-electron chi connectivity index (χ2n) is 6.84. The minimum Gasteiger partial charge on any atom is -0.366 e. The lowest BCUT2D eigenvalue weighted by atomic mass is 10.1. The first kappa shape index (κ1) is 16.3. The third-order valence-electron chi connectivity index (χ3n) is 4.92. The Bertz CT molecular complexity index is 927. The molecular weight excluding hydrogens is 332 g/mol. The first-order valence-corrected chi connectivity index (χ1v) is 9.50. The standard InChI is InChI=1S/C19H22N4OS/c1-11(2)23-10-4-7-14(23)15-8-9-16(25-15)19-21-13-6-3-5-12(18(20)24)17(13)22-19/h3,5-6,8-9,11,14H,4,7,10H2,1-2H3,(H2,20,24)(H,21,22). The third-order valence-corrected chi connectivity index (χ3v) is 6.12. The van der Waals surface area contributed by atoms with E-state index in [9.17, 15) is 4.79 Å². The van der Waals surface area contributed by atoms with Gasteiger partial charge in [-0.1, -0.05) is 6.07 Å². The topological polar surface area (TPSA) is 75.0 Å². The van der Waals surface area contributed by atoms with Crippen LogP contribution in [0.2, 0.25) is 0 Å². The van der Waals surface area contributed by atoms with Gasteiger partial charge in [-0.15, -0.1) is 11.3 Å². The highest BCUT2D eigenvalue weighted by atomic mass is 32.1. The van der Waals surface area contributed by atoms with Gasteiger partial charge in [-0.3, -0.25) is 9.69 Å². The fraction of sp³-hybridized carbons (Fsp3) is 0.368. The zero-order valence-corrected chi connectivity index (χ0v) is 15.3. The minimum atomic E-state index is -0.450. The van der Waals surface area contributed by atoms with Crippen LogP contribution in [0.5, 0.6) is 0 Å². The Kier molecular flexibility index (Phi) is 4.09. The number of H-pyrrole nitrogens is 1. The number of primary amides is 1. The van der Waals surface area contributed by atoms with E-state index in [0.29, 0.717) is 23.2 Å². The number of hydrogen-bond donors (Lipinski definition) is 2. The number of amides is 1. The van der Waals surface area contributed by atoms with Gasteiger partial charge in [0.25, 0.3) is 5.91 Å². The Balaban J connectivity index is 1.70. The van der Waals surface area contributed by atoms with E-state index in [1.165, 1.54) is 24.3 Å². The van der Waals surface area contributed by atoms with E-state index in [1.807, 2.05) is 12.1 Å². The fourth-order valence-electron chi connectivity index (χ4n) is 3.72. The van der Waals surface area contributed by atoms with E-state index in [-0.39, 0.29) is 0 Å². The van der Waals surface area contributed by atoms with Crippen LogP contribution in [-0.4, -0.2) is 33.4 Å². The van der Waals surface area contributed by atoms with E-state index in [1.54, 1.807) is 17.4 Å². The van der Waals surface area contributed by atoms with Gasteiger partial charge in [0.2, 0.25) is 0 Å². The molecule has 1 aromatic carbocycles. The lowest BCUT2D eigenvalue weighted by molar-refractivity contribution is 0.100. The summed E-state index contributed by atoms with van der Waals surface area (Å²) in [7, 11) is 0. The van der Waals surface area contributed by atoms with Crippen molar-refractivity contribution in [1.82, 2.24) is 14.9 Å². The molecule has 0 aliphatic carbocycles. The Morgan fingerprint density at radius 2 is 2.20 bits per heavy atom. The maximum atomic E-state index is 11.6. The number of benzene rings is 1. The van der Waals surface area contributed by atoms with Crippen LogP contribution in [0.1, 0.15) is 48.0 Å². The molecule has 1 fully saturated rings. The molecule has 4 rings (SSSR count). The van der Waals surface area contributed by atoms with Gasteiger partial charge in [-0.25, -0.2) is 4.98 Å². The molecule has 3 N–H and O–H groups in total. The molecule has 5 nitrogen and oxygen atoms in total. The second-order valence-corrected chi connectivity index (χ2v) is 7.96. The Morgan fingerprint density at radius 1 is 1.36 bits per heavy atom. The van der Waals surface area contributed by atoms with Crippen LogP contribution in [-0.2, 0) is 0 Å². The smallest absolute Gasteiger partial charge is 0.250 e. The van der Waals surface area contributed by atoms with Crippen molar-refractivity contribution in [3.05, 3.63) is 40.8 Å². The molecule has 130 valence electrons. The molecule has 1 unspecified atom stereocenters. The van der Waals surface area contributed by atoms with Crippen LogP contribution in [0.3, 0.4) is 0 Å². The molecule has 0 spiro atoms. The van der Waals surface area contributed by atoms with Crippen molar-refractivity contribution in [2.24, 2.45) is 5.73 Å². The highest BCUT2D eigenvalue weighted by Gasteiger charge is 2.29. The molecule has 1 amide bonds. The molecule has 25 heavy (non-hydrogen) atoms. The normalized spacial score (nSPS) is 18.4. The van der Waals surface area contributed by atoms with Crippen LogP contribution in [0.4, 0.5) is 0 Å². The van der Waals surface area contributed by atoms with Crippen molar-refractivity contribution in [3.8, 4) is 10.7 Å². The summed E-state index contributed by atoms with van der Waals surface area (Å²) >= 11 is 1.78. The van der Waals surface area contributed by atoms with Gasteiger partial charge in [0.05, 0.1) is 16.0 Å². The van der Waals surface area contributed by atoms with E-state index in [4.69, 9.17) is 5.73 Å². The van der Waals surface area contributed by atoms with Gasteiger partial charge in [0.15, 0.2) is 0 Å². The number of rotatable bonds is 4. The number of nitrogens with two attached hydrogens (primary N) is 1. The molecule has 1 aliphatic rings. The number of aromatic nitrogens is 2. The summed E-state index contributed by atoms with van der Waals surface area (Å²) in [6.45, 7) is 5.69. The van der Waals surface area contributed by atoms with Gasteiger partial charge in [0, 0.05) is 17.0 Å². The predicted octanol–water partition coefficient (Wildman–Crippen LogP) is 3.94. The lowest BCUT2D eigenvalue weighted by Crippen LogP contribution is -2.29. The van der Waals surface area contributed by atoms with E-state index >= 15 is 0 Å². The summed E-state index contributed by atoms with van der Waals surface area (Å²) in [5.74, 6) is 0.350. The first-order valence-electron chi connectivity index (χ1n) is 8.69. The highest BCUT2D eigenvalue weighted by molar-refractivity contribution is 7.15. The number of imidazole rings is 1. The van der Waals surface area contributed by atoms with Crippen molar-refractivity contribution >= 4 is 28.3 Å². The summed E-state index contributed by atoms with van der Waals surface area (Å²) in [6, 6.07) is 10.9. The van der Waals surface area contributed by atoms with Gasteiger partial charge in [-0.05, 0) is 57.5 Å². The number of hydrogen-bond acceptors (Lipinski definition) is 4. The average molecular weight is 354 g/mol. The number of nitrogens with zero attached hydrogens (tertiary/aromatic N) is 2. The molecule has 6 heteroatoms. The number of para-hydroxylation sites is 1. The zero-order valence-electron chi connectivity index (χ0n) is 14.5. The van der Waals surface area contributed by atoms with E-state index in [0.717, 1.165) is 16.2 Å². The monoisotopic (exact) mass is 354 g/mol. The molecule has 3 aromatic rings. The predicted molar refractivity (Wildman–Crippen MR) is 102 cm³/mol. The van der Waals surface area contributed by atoms with E-state index < -0.39 is 5.91 Å². The Labute approximate surface area is 150 Å². The molecule has 0 radical (unpaired) electrons. The molecule has 2 aromatic heterocycles. The third kappa shape index (κ3) is 2.85. The van der Waals surface area contributed by atoms with Crippen LogP contribution in [0.15, 0.2) is 30.3 Å². The second kappa shape index (κ2) is 6.28. The maximum absolute atomic E-state index is 11.6. The van der Waals surface area contributed by atoms with Crippen molar-refractivity contribution in [1.29, 1.82) is 0 Å². The molecule has 1 atom stereocenters. The van der Waals surface area contributed by atoms with E-state index in [2.05, 4.69) is 40.8 Å². The number of thiophene rings is 1. The van der Waals surface area contributed by atoms with Gasteiger partial charge in [-0.2, -0.15) is 0 Å². The number of carbonyl (C=O) groups is 1. The average Bonchev–Trinajstić information content (AvgIpc) is 3.30. The molecule has 1 aliphatic heterocycles. The van der Waals surface area contributed by atoms with Crippen LogP contribution in [0.25, 0.3) is 21.7 Å². The van der Waals surface area contributed by atoms with Crippen molar-refractivity contribution in [2.45, 2.75) is 38.8 Å². The summed E-state index contributed by atoms with van der Waals surface area (Å²) in [5, 5.41) is 0. The van der Waals surface area contributed by atoms with Crippen LogP contribution >= 0.6 is 11.3 Å². The maximum Gasteiger partial charge on any atom is 0.250 e. The molecule has 0 saturated carbocycles. The number of carbonyl (C=O) groups excluding carboxylic acids is 1. The van der Waals surface area contributed by atoms with Gasteiger partial charge < -0.3 is 10.7 Å².